The molecule has 0 amide bonds. The molecule has 2 N–H and O–H groups in total. The summed E-state index contributed by atoms with van der Waals surface area (Å²) in [4.78, 5) is 14.4. The average molecular weight is 589 g/mol. The number of aromatic nitrogens is 3. The second kappa shape index (κ2) is 12.0. The Morgan fingerprint density at radius 3 is 2.46 bits per heavy atom. The molecule has 206 valence electrons. The largest absolute Gasteiger partial charge is 0.494 e. The van der Waals surface area contributed by atoms with Crippen molar-refractivity contribution in [3.05, 3.63) is 70.6 Å². The van der Waals surface area contributed by atoms with Crippen LogP contribution in [-0.2, 0) is 16.4 Å². The van der Waals surface area contributed by atoms with Crippen molar-refractivity contribution in [2.45, 2.75) is 43.9 Å². The molecule has 1 aliphatic rings. The van der Waals surface area contributed by atoms with Gasteiger partial charge in [0, 0.05) is 37.1 Å². The molecule has 1 fully saturated rings. The molecule has 0 bridgehead atoms. The van der Waals surface area contributed by atoms with Crippen molar-refractivity contribution in [3.63, 3.8) is 0 Å². The van der Waals surface area contributed by atoms with E-state index in [9.17, 15) is 8.42 Å². The Morgan fingerprint density at radius 2 is 1.77 bits per heavy atom. The number of H-pyrrole nitrogens is 1. The number of ether oxygens (including phenoxy) is 1. The van der Waals surface area contributed by atoms with E-state index in [4.69, 9.17) is 27.9 Å². The second-order valence-electron chi connectivity index (χ2n) is 9.72. The fourth-order valence-electron chi connectivity index (χ4n) is 4.85. The standard InChI is InChI=1S/C28H31Cl2N5O3S/c1-2-19-16-32-28(33-17-19)35-13-11-20(12-14-35)4-3-15-38-21-5-7-22(8-6-21)39(36,37)34-25-10-9-23(29)26-24(30)18-31-27(25)26/h5-10,16-18,20,31,34H,2-4,11-15H2,1H3. The lowest BCUT2D eigenvalue weighted by molar-refractivity contribution is 0.279. The Bertz CT molecular complexity index is 1520. The first-order chi connectivity index (χ1) is 18.8. The van der Waals surface area contributed by atoms with Crippen LogP contribution in [0, 0.1) is 5.92 Å². The van der Waals surface area contributed by atoms with Gasteiger partial charge in [-0.25, -0.2) is 18.4 Å². The third-order valence-electron chi connectivity index (χ3n) is 7.14. The molecule has 0 atom stereocenters. The van der Waals surface area contributed by atoms with Crippen LogP contribution >= 0.6 is 23.2 Å². The molecule has 39 heavy (non-hydrogen) atoms. The first-order valence-electron chi connectivity index (χ1n) is 13.1. The second-order valence-corrected chi connectivity index (χ2v) is 12.2. The van der Waals surface area contributed by atoms with Crippen molar-refractivity contribution < 1.29 is 13.2 Å². The number of benzene rings is 2. The van der Waals surface area contributed by atoms with Crippen LogP contribution in [0.2, 0.25) is 10.0 Å². The lowest BCUT2D eigenvalue weighted by Gasteiger charge is -2.32. The van der Waals surface area contributed by atoms with Gasteiger partial charge in [-0.2, -0.15) is 0 Å². The minimum atomic E-state index is -3.82. The van der Waals surface area contributed by atoms with Crippen LogP contribution in [0.15, 0.2) is 59.9 Å². The number of nitrogens with one attached hydrogen (secondary N) is 2. The normalized spacial score (nSPS) is 14.6. The van der Waals surface area contributed by atoms with Crippen molar-refractivity contribution in [1.29, 1.82) is 0 Å². The van der Waals surface area contributed by atoms with Crippen LogP contribution in [0.5, 0.6) is 5.75 Å². The number of piperidine rings is 1. The Balaban J connectivity index is 1.08. The Kier molecular flexibility index (Phi) is 8.49. The first-order valence-corrected chi connectivity index (χ1v) is 15.3. The average Bonchev–Trinajstić information content (AvgIpc) is 3.36. The van der Waals surface area contributed by atoms with Crippen molar-refractivity contribution in [2.75, 3.05) is 29.3 Å². The van der Waals surface area contributed by atoms with Crippen LogP contribution in [-0.4, -0.2) is 43.1 Å². The van der Waals surface area contributed by atoms with Crippen LogP contribution in [0.25, 0.3) is 10.9 Å². The highest BCUT2D eigenvalue weighted by molar-refractivity contribution is 7.92. The zero-order valence-corrected chi connectivity index (χ0v) is 24.0. The van der Waals surface area contributed by atoms with Gasteiger partial charge in [-0.05, 0) is 80.0 Å². The van der Waals surface area contributed by atoms with Crippen molar-refractivity contribution in [1.82, 2.24) is 15.0 Å². The first kappa shape index (κ1) is 27.6. The van der Waals surface area contributed by atoms with E-state index >= 15 is 0 Å². The van der Waals surface area contributed by atoms with E-state index in [1.165, 1.54) is 12.1 Å². The lowest BCUT2D eigenvalue weighted by Crippen LogP contribution is -2.35. The summed E-state index contributed by atoms with van der Waals surface area (Å²) in [6.45, 7) is 4.63. The third kappa shape index (κ3) is 6.42. The van der Waals surface area contributed by atoms with Crippen molar-refractivity contribution in [3.8, 4) is 5.75 Å². The predicted octanol–water partition coefficient (Wildman–Crippen LogP) is 6.70. The van der Waals surface area contributed by atoms with Gasteiger partial charge >= 0.3 is 0 Å². The Morgan fingerprint density at radius 1 is 1.05 bits per heavy atom. The molecule has 1 saturated heterocycles. The minimum absolute atomic E-state index is 0.135. The van der Waals surface area contributed by atoms with Gasteiger partial charge in [0.05, 0.1) is 32.8 Å². The van der Waals surface area contributed by atoms with Crippen LogP contribution in [0.1, 0.15) is 38.2 Å². The van der Waals surface area contributed by atoms with E-state index in [1.54, 1.807) is 30.5 Å². The third-order valence-corrected chi connectivity index (χ3v) is 9.13. The molecule has 8 nitrogen and oxygen atoms in total. The highest BCUT2D eigenvalue weighted by atomic mass is 35.5. The SMILES string of the molecule is CCc1cnc(N2CCC(CCCOc3ccc(S(=O)(=O)Nc4ccc(Cl)c5c(Cl)c[nH]c45)cc3)CC2)nc1. The molecule has 0 unspecified atom stereocenters. The maximum absolute atomic E-state index is 13.0. The molecular formula is C28H31Cl2N5O3S. The van der Waals surface area contributed by atoms with Gasteiger partial charge < -0.3 is 14.6 Å². The van der Waals surface area contributed by atoms with Gasteiger partial charge in [0.15, 0.2) is 0 Å². The van der Waals surface area contributed by atoms with E-state index in [0.29, 0.717) is 44.9 Å². The molecular weight excluding hydrogens is 557 g/mol. The molecule has 1 aliphatic heterocycles. The van der Waals surface area contributed by atoms with Gasteiger partial charge in [-0.3, -0.25) is 4.72 Å². The molecule has 4 aromatic rings. The zero-order valence-electron chi connectivity index (χ0n) is 21.7. The van der Waals surface area contributed by atoms with Crippen LogP contribution in [0.3, 0.4) is 0 Å². The van der Waals surface area contributed by atoms with Crippen molar-refractivity contribution >= 4 is 55.8 Å². The van der Waals surface area contributed by atoms with E-state index in [-0.39, 0.29) is 4.90 Å². The number of halogens is 2. The predicted molar refractivity (Wildman–Crippen MR) is 157 cm³/mol. The number of aromatic amines is 1. The number of hydrogen-bond donors (Lipinski definition) is 2. The van der Waals surface area contributed by atoms with Gasteiger partial charge in [0.1, 0.15) is 5.75 Å². The number of rotatable bonds is 10. The number of aryl methyl sites for hydroxylation is 1. The fourth-order valence-corrected chi connectivity index (χ4v) is 6.48. The van der Waals surface area contributed by atoms with Gasteiger partial charge in [0.25, 0.3) is 10.0 Å². The quantitative estimate of drug-likeness (QED) is 0.200. The molecule has 3 heterocycles. The zero-order chi connectivity index (χ0) is 27.4. The molecule has 5 rings (SSSR count). The highest BCUT2D eigenvalue weighted by Gasteiger charge is 2.21. The van der Waals surface area contributed by atoms with Gasteiger partial charge in [-0.15, -0.1) is 0 Å². The molecule has 11 heteroatoms. The number of fused-ring (bicyclic) bond motifs is 1. The smallest absolute Gasteiger partial charge is 0.261 e. The summed E-state index contributed by atoms with van der Waals surface area (Å²) in [5, 5.41) is 1.44. The topological polar surface area (TPSA) is 100 Å². The fraction of sp³-hybridized carbons (Fsp3) is 0.357. The van der Waals surface area contributed by atoms with Crippen LogP contribution in [0.4, 0.5) is 11.6 Å². The summed E-state index contributed by atoms with van der Waals surface area (Å²) < 4.78 is 34.5. The summed E-state index contributed by atoms with van der Waals surface area (Å²) in [5.41, 5.74) is 2.05. The van der Waals surface area contributed by atoms with E-state index < -0.39 is 10.0 Å². The molecule has 0 radical (unpaired) electrons. The summed E-state index contributed by atoms with van der Waals surface area (Å²) in [7, 11) is -3.82. The van der Waals surface area contributed by atoms with E-state index in [0.717, 1.165) is 56.7 Å². The monoisotopic (exact) mass is 587 g/mol. The summed E-state index contributed by atoms with van der Waals surface area (Å²) in [6.07, 6.45) is 10.6. The highest BCUT2D eigenvalue weighted by Crippen LogP contribution is 2.35. The molecule has 2 aromatic heterocycles. The maximum atomic E-state index is 13.0. The van der Waals surface area contributed by atoms with Gasteiger partial charge in [0.2, 0.25) is 5.95 Å². The van der Waals surface area contributed by atoms with Crippen LogP contribution < -0.4 is 14.4 Å². The van der Waals surface area contributed by atoms with Crippen molar-refractivity contribution in [2.24, 2.45) is 5.92 Å². The molecule has 0 saturated carbocycles. The van der Waals surface area contributed by atoms with E-state index in [1.807, 2.05) is 12.4 Å². The maximum Gasteiger partial charge on any atom is 0.261 e. The number of nitrogens with zero attached hydrogens (tertiary/aromatic N) is 3. The number of hydrogen-bond acceptors (Lipinski definition) is 6. The Labute approximate surface area is 238 Å². The number of anilines is 2. The molecule has 0 spiro atoms. The Hall–Kier alpha value is -3.01. The molecule has 2 aromatic carbocycles. The minimum Gasteiger partial charge on any atom is -0.494 e. The summed E-state index contributed by atoms with van der Waals surface area (Å²) >= 11 is 12.4. The molecule has 0 aliphatic carbocycles. The number of sulfonamides is 1. The summed E-state index contributed by atoms with van der Waals surface area (Å²) in [5.74, 6) is 2.12. The summed E-state index contributed by atoms with van der Waals surface area (Å²) in [6, 6.07) is 9.66. The lowest BCUT2D eigenvalue weighted by atomic mass is 9.92. The van der Waals surface area contributed by atoms with E-state index in [2.05, 4.69) is 31.5 Å². The van der Waals surface area contributed by atoms with Gasteiger partial charge in [-0.1, -0.05) is 30.1 Å².